The molecule has 1 amide bonds. The van der Waals surface area contributed by atoms with Crippen LogP contribution in [0.15, 0.2) is 24.3 Å². The number of aromatic nitrogens is 1. The Labute approximate surface area is 142 Å². The molecule has 1 aliphatic heterocycles. The van der Waals surface area contributed by atoms with Gasteiger partial charge in [-0.2, -0.15) is 0 Å². The van der Waals surface area contributed by atoms with Gasteiger partial charge in [-0.15, -0.1) is 11.3 Å². The van der Waals surface area contributed by atoms with Crippen molar-refractivity contribution >= 4 is 27.5 Å². The summed E-state index contributed by atoms with van der Waals surface area (Å²) in [4.78, 5) is 21.3. The molecule has 1 aromatic carbocycles. The first-order valence-electron chi connectivity index (χ1n) is 8.42. The zero-order chi connectivity index (χ0) is 16.2. The van der Waals surface area contributed by atoms with Gasteiger partial charge in [0, 0.05) is 25.6 Å². The molecule has 0 atom stereocenters. The summed E-state index contributed by atoms with van der Waals surface area (Å²) in [5, 5.41) is 1.14. The van der Waals surface area contributed by atoms with Crippen molar-refractivity contribution in [3.8, 4) is 0 Å². The lowest BCUT2D eigenvalue weighted by Gasteiger charge is -2.35. The zero-order valence-electron chi connectivity index (χ0n) is 14.0. The summed E-state index contributed by atoms with van der Waals surface area (Å²) in [6.45, 7) is 1.81. The fraction of sp³-hybridized carbons (Fsp3) is 0.556. The van der Waals surface area contributed by atoms with Crippen LogP contribution in [0.5, 0.6) is 0 Å². The Bertz CT molecular complexity index is 626. The average Bonchev–Trinajstić information content (AvgIpc) is 2.97. The second kappa shape index (κ2) is 7.41. The third-order valence-electron chi connectivity index (χ3n) is 4.67. The van der Waals surface area contributed by atoms with Gasteiger partial charge in [0.1, 0.15) is 0 Å². The van der Waals surface area contributed by atoms with Crippen LogP contribution in [0.2, 0.25) is 0 Å². The number of thiazole rings is 1. The van der Waals surface area contributed by atoms with Crippen LogP contribution in [-0.4, -0.2) is 53.9 Å². The minimum absolute atomic E-state index is 0.309. The average molecular weight is 331 g/mol. The molecule has 2 heterocycles. The molecule has 4 nitrogen and oxygen atoms in total. The Hall–Kier alpha value is -1.46. The number of carbonyl (C=O) groups excluding carboxylic acids is 1. The molecule has 1 fully saturated rings. The number of hydrogen-bond donors (Lipinski definition) is 0. The molecule has 5 heteroatoms. The number of amides is 1. The largest absolute Gasteiger partial charge is 0.343 e. The summed E-state index contributed by atoms with van der Waals surface area (Å²) in [7, 11) is 4.25. The van der Waals surface area contributed by atoms with Gasteiger partial charge in [0.05, 0.1) is 15.2 Å². The van der Waals surface area contributed by atoms with Crippen LogP contribution in [0.3, 0.4) is 0 Å². The van der Waals surface area contributed by atoms with Gasteiger partial charge in [0.25, 0.3) is 0 Å². The first kappa shape index (κ1) is 16.4. The summed E-state index contributed by atoms with van der Waals surface area (Å²) in [6.07, 6.45) is 4.63. The van der Waals surface area contributed by atoms with Crippen molar-refractivity contribution in [2.45, 2.75) is 38.1 Å². The molecule has 0 aliphatic carbocycles. The van der Waals surface area contributed by atoms with Crippen LogP contribution in [0.25, 0.3) is 10.2 Å². The standard InChI is InChI=1S/C18H25N3OS/c1-20(2)14-10-12-21(13-11-14)18(22)9-5-8-17-19-15-6-3-4-7-16(15)23-17/h3-4,6-7,14H,5,8-13H2,1-2H3. The zero-order valence-corrected chi connectivity index (χ0v) is 14.8. The van der Waals surface area contributed by atoms with Gasteiger partial charge in [-0.1, -0.05) is 12.1 Å². The van der Waals surface area contributed by atoms with E-state index in [9.17, 15) is 4.79 Å². The van der Waals surface area contributed by atoms with Crippen LogP contribution in [-0.2, 0) is 11.2 Å². The lowest BCUT2D eigenvalue weighted by Crippen LogP contribution is -2.44. The number of para-hydroxylation sites is 1. The molecule has 0 radical (unpaired) electrons. The van der Waals surface area contributed by atoms with E-state index in [0.29, 0.717) is 18.4 Å². The molecule has 0 saturated carbocycles. The maximum Gasteiger partial charge on any atom is 0.222 e. The second-order valence-electron chi connectivity index (χ2n) is 6.50. The highest BCUT2D eigenvalue weighted by atomic mass is 32.1. The maximum atomic E-state index is 12.3. The minimum Gasteiger partial charge on any atom is -0.343 e. The van der Waals surface area contributed by atoms with E-state index in [-0.39, 0.29) is 0 Å². The molecule has 3 rings (SSSR count). The summed E-state index contributed by atoms with van der Waals surface area (Å²) >= 11 is 1.75. The van der Waals surface area contributed by atoms with Gasteiger partial charge in [-0.05, 0) is 51.9 Å². The summed E-state index contributed by atoms with van der Waals surface area (Å²) in [6, 6.07) is 8.85. The number of rotatable bonds is 5. The molecule has 0 N–H and O–H groups in total. The van der Waals surface area contributed by atoms with Gasteiger partial charge in [0.15, 0.2) is 0 Å². The lowest BCUT2D eigenvalue weighted by molar-refractivity contribution is -0.132. The number of carbonyl (C=O) groups is 1. The number of piperidine rings is 1. The molecule has 23 heavy (non-hydrogen) atoms. The van der Waals surface area contributed by atoms with E-state index in [1.54, 1.807) is 11.3 Å². The molecule has 124 valence electrons. The molecule has 0 bridgehead atoms. The van der Waals surface area contributed by atoms with Crippen LogP contribution in [0.4, 0.5) is 0 Å². The van der Waals surface area contributed by atoms with Crippen molar-refractivity contribution in [2.24, 2.45) is 0 Å². The SMILES string of the molecule is CN(C)C1CCN(C(=O)CCCc2nc3ccccc3s2)CC1. The lowest BCUT2D eigenvalue weighted by atomic mass is 10.0. The van der Waals surface area contributed by atoms with Crippen molar-refractivity contribution < 1.29 is 4.79 Å². The normalized spacial score (nSPS) is 16.4. The Kier molecular flexibility index (Phi) is 5.28. The van der Waals surface area contributed by atoms with Crippen molar-refractivity contribution in [2.75, 3.05) is 27.2 Å². The number of aryl methyl sites for hydroxylation is 1. The van der Waals surface area contributed by atoms with Crippen molar-refractivity contribution in [3.05, 3.63) is 29.3 Å². The molecular formula is C18H25N3OS. The molecule has 1 saturated heterocycles. The monoisotopic (exact) mass is 331 g/mol. The quantitative estimate of drug-likeness (QED) is 0.844. The minimum atomic E-state index is 0.309. The first-order chi connectivity index (χ1) is 11.1. The second-order valence-corrected chi connectivity index (χ2v) is 7.62. The molecule has 1 aromatic heterocycles. The van der Waals surface area contributed by atoms with Gasteiger partial charge < -0.3 is 9.80 Å². The summed E-state index contributed by atoms with van der Waals surface area (Å²) < 4.78 is 1.24. The van der Waals surface area contributed by atoms with E-state index in [2.05, 4.69) is 36.1 Å². The Morgan fingerprint density at radius 1 is 1.30 bits per heavy atom. The fourth-order valence-corrected chi connectivity index (χ4v) is 4.22. The Morgan fingerprint density at radius 2 is 2.04 bits per heavy atom. The van der Waals surface area contributed by atoms with Crippen molar-refractivity contribution in [1.82, 2.24) is 14.8 Å². The van der Waals surface area contributed by atoms with E-state index in [4.69, 9.17) is 0 Å². The van der Waals surface area contributed by atoms with Crippen LogP contribution in [0.1, 0.15) is 30.7 Å². The first-order valence-corrected chi connectivity index (χ1v) is 9.24. The Balaban J connectivity index is 1.44. The highest BCUT2D eigenvalue weighted by molar-refractivity contribution is 7.18. The van der Waals surface area contributed by atoms with Gasteiger partial charge >= 0.3 is 0 Å². The number of hydrogen-bond acceptors (Lipinski definition) is 4. The van der Waals surface area contributed by atoms with Crippen molar-refractivity contribution in [3.63, 3.8) is 0 Å². The maximum absolute atomic E-state index is 12.3. The molecule has 2 aromatic rings. The van der Waals surface area contributed by atoms with Crippen LogP contribution < -0.4 is 0 Å². The predicted molar refractivity (Wildman–Crippen MR) is 95.8 cm³/mol. The van der Waals surface area contributed by atoms with E-state index in [1.807, 2.05) is 17.0 Å². The number of fused-ring (bicyclic) bond motifs is 1. The highest BCUT2D eigenvalue weighted by Gasteiger charge is 2.23. The van der Waals surface area contributed by atoms with Gasteiger partial charge in [-0.25, -0.2) is 4.98 Å². The molecular weight excluding hydrogens is 306 g/mol. The van der Waals surface area contributed by atoms with Gasteiger partial charge in [0.2, 0.25) is 5.91 Å². The van der Waals surface area contributed by atoms with E-state index in [0.717, 1.165) is 49.3 Å². The van der Waals surface area contributed by atoms with Crippen molar-refractivity contribution in [1.29, 1.82) is 0 Å². The van der Waals surface area contributed by atoms with Gasteiger partial charge in [-0.3, -0.25) is 4.79 Å². The molecule has 1 aliphatic rings. The summed E-state index contributed by atoms with van der Waals surface area (Å²) in [5.74, 6) is 0.309. The smallest absolute Gasteiger partial charge is 0.222 e. The third kappa shape index (κ3) is 4.09. The van der Waals surface area contributed by atoms with E-state index in [1.165, 1.54) is 4.70 Å². The highest BCUT2D eigenvalue weighted by Crippen LogP contribution is 2.23. The van der Waals surface area contributed by atoms with E-state index < -0.39 is 0 Å². The third-order valence-corrected chi connectivity index (χ3v) is 5.76. The fourth-order valence-electron chi connectivity index (χ4n) is 3.21. The predicted octanol–water partition coefficient (Wildman–Crippen LogP) is 3.17. The number of benzene rings is 1. The number of likely N-dealkylation sites (tertiary alicyclic amines) is 1. The number of nitrogens with zero attached hydrogens (tertiary/aromatic N) is 3. The molecule has 0 unspecified atom stereocenters. The van der Waals surface area contributed by atoms with E-state index >= 15 is 0 Å². The molecule has 0 spiro atoms. The van der Waals surface area contributed by atoms with Crippen LogP contribution >= 0.6 is 11.3 Å². The summed E-state index contributed by atoms with van der Waals surface area (Å²) in [5.41, 5.74) is 1.07. The topological polar surface area (TPSA) is 36.4 Å². The Morgan fingerprint density at radius 3 is 2.74 bits per heavy atom. The van der Waals surface area contributed by atoms with Crippen LogP contribution in [0, 0.1) is 0 Å².